The molecule has 98 valence electrons. The number of nitrogens with one attached hydrogen (secondary N) is 1. The molecule has 0 unspecified atom stereocenters. The number of aromatic nitrogens is 5. The number of allylic oxidation sites excluding steroid dienone is 1. The fourth-order valence-corrected chi connectivity index (χ4v) is 2.48. The van der Waals surface area contributed by atoms with Gasteiger partial charge in [-0.25, -0.2) is 12.7 Å². The van der Waals surface area contributed by atoms with Gasteiger partial charge < -0.3 is 15.6 Å². The van der Waals surface area contributed by atoms with Crippen molar-refractivity contribution in [2.45, 2.75) is 0 Å². The van der Waals surface area contributed by atoms with Gasteiger partial charge in [-0.1, -0.05) is 0 Å². The van der Waals surface area contributed by atoms with E-state index in [1.54, 1.807) is 16.8 Å². The van der Waals surface area contributed by atoms with E-state index >= 15 is 0 Å². The van der Waals surface area contributed by atoms with Crippen molar-refractivity contribution in [1.29, 1.82) is 0 Å². The van der Waals surface area contributed by atoms with Crippen molar-refractivity contribution in [3.8, 4) is 0 Å². The van der Waals surface area contributed by atoms with Crippen LogP contribution in [0.25, 0.3) is 22.5 Å². The summed E-state index contributed by atoms with van der Waals surface area (Å²) in [7, 11) is 5.11. The average Bonchev–Trinajstić information content (AvgIpc) is 3.08. The number of nitrogens with two attached hydrogens (primary N) is 1. The second kappa shape index (κ2) is 4.78. The van der Waals surface area contributed by atoms with E-state index in [4.69, 9.17) is 13.7 Å². The first kappa shape index (κ1) is 12.9. The predicted molar refractivity (Wildman–Crippen MR) is 84.9 cm³/mol. The summed E-state index contributed by atoms with van der Waals surface area (Å²) < 4.78 is 3.11. The summed E-state index contributed by atoms with van der Waals surface area (Å²) in [6, 6.07) is 0. The zero-order valence-electron chi connectivity index (χ0n) is 9.99. The van der Waals surface area contributed by atoms with Crippen LogP contribution in [-0.2, 0) is 0 Å². The van der Waals surface area contributed by atoms with Crippen molar-refractivity contribution in [1.82, 2.24) is 22.1 Å². The highest BCUT2D eigenvalue weighted by Crippen LogP contribution is 2.15. The van der Waals surface area contributed by atoms with Crippen LogP contribution >= 0.6 is 22.9 Å². The summed E-state index contributed by atoms with van der Waals surface area (Å²) in [4.78, 5) is 27.1. The molecule has 0 aliphatic carbocycles. The number of rotatable bonds is 2. The second-order valence-corrected chi connectivity index (χ2v) is 4.83. The first-order valence-corrected chi connectivity index (χ1v) is 6.43. The number of halogens is 1. The zero-order valence-corrected chi connectivity index (χ0v) is 12.1. The van der Waals surface area contributed by atoms with Gasteiger partial charge in [-0.15, -0.1) is 0 Å². The van der Waals surface area contributed by atoms with Crippen molar-refractivity contribution in [3.63, 3.8) is 0 Å². The Bertz CT molecular complexity index is 919. The van der Waals surface area contributed by atoms with Gasteiger partial charge in [-0.3, -0.25) is 9.20 Å². The van der Waals surface area contributed by atoms with Gasteiger partial charge >= 0.3 is 0 Å². The molecule has 0 atom stereocenters. The maximum Gasteiger partial charge on any atom is 0.289 e. The van der Waals surface area contributed by atoms with E-state index in [0.29, 0.717) is 28.3 Å². The van der Waals surface area contributed by atoms with Gasteiger partial charge in [0, 0.05) is 30.4 Å². The number of hydrogen-bond donors (Lipinski definition) is 2. The molecule has 3 aromatic heterocycles. The lowest BCUT2D eigenvalue weighted by molar-refractivity contribution is 1.10. The van der Waals surface area contributed by atoms with Gasteiger partial charge in [0.2, 0.25) is 5.78 Å². The summed E-state index contributed by atoms with van der Waals surface area (Å²) in [5.74, 6) is 0.901. The molecular weight excluding hydrogens is 372 g/mol. The van der Waals surface area contributed by atoms with Crippen LogP contribution in [0.15, 0.2) is 28.3 Å². The maximum absolute atomic E-state index is 12.2. The van der Waals surface area contributed by atoms with Gasteiger partial charge in [0.05, 0.1) is 22.9 Å². The van der Waals surface area contributed by atoms with Crippen LogP contribution in [0, 0.1) is 0 Å². The van der Waals surface area contributed by atoms with Crippen molar-refractivity contribution >= 4 is 59.6 Å². The minimum atomic E-state index is -0.237. The molecule has 10 heteroatoms. The standard InChI is InChI=1S/C10H7BIN7O/c11-15-4-5(3-13)7-16-6-8(17-7)18-2-1-14-10(18)19(12)9(6)20/h1-4H,13H2,(H,16,17). The fourth-order valence-electron chi connectivity index (χ4n) is 1.88. The molecule has 3 aromatic rings. The second-order valence-electron chi connectivity index (χ2n) is 3.87. The van der Waals surface area contributed by atoms with Crippen molar-refractivity contribution in [2.24, 2.45) is 10.6 Å². The molecule has 0 fully saturated rings. The molecule has 3 rings (SSSR count). The lowest BCUT2D eigenvalue weighted by Gasteiger charge is -1.98. The normalized spacial score (nSPS) is 12.9. The molecule has 8 nitrogen and oxygen atoms in total. The molecule has 0 saturated heterocycles. The van der Waals surface area contributed by atoms with Gasteiger partial charge in [0.25, 0.3) is 13.5 Å². The number of imidazole rings is 2. The number of hydrogen-bond acceptors (Lipinski definition) is 5. The minimum Gasteiger partial charge on any atom is -0.404 e. The van der Waals surface area contributed by atoms with Gasteiger partial charge in [0.15, 0.2) is 11.2 Å². The fraction of sp³-hybridized carbons (Fsp3) is 0. The molecule has 0 bridgehead atoms. The highest BCUT2D eigenvalue weighted by Gasteiger charge is 2.15. The molecular formula is C10H7BIN7O. The van der Waals surface area contributed by atoms with Crippen LogP contribution in [0.3, 0.4) is 0 Å². The topological polar surface area (TPSA) is 106 Å². The maximum atomic E-state index is 12.2. The number of aromatic amines is 1. The van der Waals surface area contributed by atoms with Crippen LogP contribution in [0.4, 0.5) is 0 Å². The lowest BCUT2D eigenvalue weighted by Crippen LogP contribution is -2.15. The summed E-state index contributed by atoms with van der Waals surface area (Å²) in [6.07, 6.45) is 5.98. The molecule has 3 heterocycles. The number of fused-ring (bicyclic) bond motifs is 3. The van der Waals surface area contributed by atoms with Gasteiger partial charge in [-0.2, -0.15) is 0 Å². The summed E-state index contributed by atoms with van der Waals surface area (Å²) in [6.45, 7) is 0. The van der Waals surface area contributed by atoms with E-state index in [0.717, 1.165) is 0 Å². The Labute approximate surface area is 127 Å². The van der Waals surface area contributed by atoms with E-state index in [1.165, 1.54) is 15.2 Å². The van der Waals surface area contributed by atoms with Gasteiger partial charge in [-0.05, 0) is 0 Å². The first-order chi connectivity index (χ1) is 9.67. The van der Waals surface area contributed by atoms with Crippen LogP contribution in [-0.4, -0.2) is 36.3 Å². The Kier molecular flexibility index (Phi) is 3.08. The van der Waals surface area contributed by atoms with E-state index in [2.05, 4.69) is 19.9 Å². The molecule has 0 saturated carbocycles. The van der Waals surface area contributed by atoms with E-state index in [9.17, 15) is 4.79 Å². The minimum absolute atomic E-state index is 0.237. The lowest BCUT2D eigenvalue weighted by atomic mass is 10.3. The Morgan fingerprint density at radius 1 is 1.60 bits per heavy atom. The summed E-state index contributed by atoms with van der Waals surface area (Å²) in [5.41, 5.74) is 6.57. The van der Waals surface area contributed by atoms with E-state index in [1.807, 2.05) is 22.9 Å². The quantitative estimate of drug-likeness (QED) is 0.372. The van der Waals surface area contributed by atoms with Crippen LogP contribution in [0.1, 0.15) is 5.82 Å². The summed E-state index contributed by atoms with van der Waals surface area (Å²) in [5, 5.41) is 0. The number of nitrogens with zero attached hydrogens (tertiary/aromatic N) is 5. The molecule has 0 amide bonds. The smallest absolute Gasteiger partial charge is 0.289 e. The average molecular weight is 379 g/mol. The predicted octanol–water partition coefficient (Wildman–Crippen LogP) is 0.0243. The largest absolute Gasteiger partial charge is 0.404 e. The van der Waals surface area contributed by atoms with Crippen molar-refractivity contribution < 1.29 is 0 Å². The Hall–Kier alpha value is -2.11. The Balaban J connectivity index is 2.41. The van der Waals surface area contributed by atoms with Crippen LogP contribution in [0.5, 0.6) is 0 Å². The monoisotopic (exact) mass is 379 g/mol. The molecule has 0 aliphatic heterocycles. The third-order valence-electron chi connectivity index (χ3n) is 2.77. The van der Waals surface area contributed by atoms with Crippen LogP contribution < -0.4 is 11.3 Å². The van der Waals surface area contributed by atoms with E-state index in [-0.39, 0.29) is 5.56 Å². The molecule has 20 heavy (non-hydrogen) atoms. The first-order valence-electron chi connectivity index (χ1n) is 5.47. The molecule has 3 N–H and O–H groups in total. The number of H-pyrrole nitrogens is 1. The van der Waals surface area contributed by atoms with Crippen molar-refractivity contribution in [2.75, 3.05) is 0 Å². The molecule has 0 aliphatic rings. The van der Waals surface area contributed by atoms with Crippen molar-refractivity contribution in [3.05, 3.63) is 34.8 Å². The van der Waals surface area contributed by atoms with E-state index < -0.39 is 0 Å². The van der Waals surface area contributed by atoms with Crippen LogP contribution in [0.2, 0.25) is 0 Å². The third-order valence-corrected chi connectivity index (χ3v) is 3.64. The Morgan fingerprint density at radius 2 is 2.40 bits per heavy atom. The molecule has 2 radical (unpaired) electrons. The SMILES string of the molecule is [B]N=CC(=CN)c1nc2c([nH]1)c(=O)n(I)c1nccn21. The molecule has 0 aromatic carbocycles. The molecule has 0 spiro atoms. The highest BCUT2D eigenvalue weighted by molar-refractivity contribution is 14.1. The Morgan fingerprint density at radius 3 is 3.10 bits per heavy atom. The zero-order chi connectivity index (χ0) is 14.3. The third kappa shape index (κ3) is 1.75. The van der Waals surface area contributed by atoms with Gasteiger partial charge in [0.1, 0.15) is 5.82 Å². The highest BCUT2D eigenvalue weighted by atomic mass is 127. The summed E-state index contributed by atoms with van der Waals surface area (Å²) >= 11 is 1.89.